The standard InChI is InChI=1S/C15H25N3/c1-11(2)10-18(12-6-7-12)13-8-9-16-14(17-13)15(3,4)5/h8-9,11-12H,6-7,10H2,1-5H3. The number of aromatic nitrogens is 2. The van der Waals surface area contributed by atoms with Crippen molar-refractivity contribution in [2.24, 2.45) is 5.92 Å². The molecule has 1 aliphatic rings. The van der Waals surface area contributed by atoms with Gasteiger partial charge in [0.15, 0.2) is 0 Å². The van der Waals surface area contributed by atoms with E-state index < -0.39 is 0 Å². The van der Waals surface area contributed by atoms with Gasteiger partial charge in [0.05, 0.1) is 0 Å². The van der Waals surface area contributed by atoms with Crippen molar-refractivity contribution >= 4 is 5.82 Å². The van der Waals surface area contributed by atoms with Crippen LogP contribution in [0.2, 0.25) is 0 Å². The Hall–Kier alpha value is -1.12. The molecule has 0 saturated heterocycles. The normalized spacial score (nSPS) is 16.1. The molecule has 3 heteroatoms. The van der Waals surface area contributed by atoms with Crippen LogP contribution in [0, 0.1) is 5.92 Å². The van der Waals surface area contributed by atoms with Crippen molar-refractivity contribution < 1.29 is 0 Å². The molecule has 0 radical (unpaired) electrons. The van der Waals surface area contributed by atoms with E-state index >= 15 is 0 Å². The van der Waals surface area contributed by atoms with Gasteiger partial charge in [-0.05, 0) is 24.8 Å². The van der Waals surface area contributed by atoms with Crippen molar-refractivity contribution in [2.75, 3.05) is 11.4 Å². The van der Waals surface area contributed by atoms with Gasteiger partial charge in [-0.15, -0.1) is 0 Å². The van der Waals surface area contributed by atoms with E-state index in [-0.39, 0.29) is 5.41 Å². The Labute approximate surface area is 111 Å². The second-order valence-corrected chi connectivity index (χ2v) is 6.77. The van der Waals surface area contributed by atoms with Crippen LogP contribution in [0.15, 0.2) is 12.3 Å². The number of hydrogen-bond acceptors (Lipinski definition) is 3. The summed E-state index contributed by atoms with van der Waals surface area (Å²) < 4.78 is 0. The largest absolute Gasteiger partial charge is 0.353 e. The molecule has 0 amide bonds. The summed E-state index contributed by atoms with van der Waals surface area (Å²) in [6.45, 7) is 12.1. The van der Waals surface area contributed by atoms with Gasteiger partial charge in [0.1, 0.15) is 11.6 Å². The lowest BCUT2D eigenvalue weighted by Crippen LogP contribution is -2.31. The third kappa shape index (κ3) is 3.21. The van der Waals surface area contributed by atoms with Crippen LogP contribution < -0.4 is 4.90 Å². The molecule has 3 nitrogen and oxygen atoms in total. The summed E-state index contributed by atoms with van der Waals surface area (Å²) in [6, 6.07) is 2.76. The van der Waals surface area contributed by atoms with Gasteiger partial charge in [0, 0.05) is 24.2 Å². The van der Waals surface area contributed by atoms with Crippen molar-refractivity contribution in [3.8, 4) is 0 Å². The minimum atomic E-state index is 0.0169. The van der Waals surface area contributed by atoms with Crippen LogP contribution in [0.25, 0.3) is 0 Å². The summed E-state index contributed by atoms with van der Waals surface area (Å²) in [6.07, 6.45) is 4.52. The van der Waals surface area contributed by atoms with E-state index in [2.05, 4.69) is 50.6 Å². The van der Waals surface area contributed by atoms with Gasteiger partial charge in [0.2, 0.25) is 0 Å². The maximum Gasteiger partial charge on any atom is 0.135 e. The SMILES string of the molecule is CC(C)CN(c1ccnc(C(C)(C)C)n1)C1CC1. The Kier molecular flexibility index (Phi) is 3.60. The number of rotatable bonds is 4. The Morgan fingerprint density at radius 3 is 2.50 bits per heavy atom. The molecule has 1 aliphatic carbocycles. The molecule has 0 bridgehead atoms. The average Bonchev–Trinajstić information content (AvgIpc) is 3.08. The molecule has 0 unspecified atom stereocenters. The van der Waals surface area contributed by atoms with E-state index in [1.165, 1.54) is 12.8 Å². The zero-order valence-corrected chi connectivity index (χ0v) is 12.3. The van der Waals surface area contributed by atoms with E-state index in [1.807, 2.05) is 6.20 Å². The molecule has 1 fully saturated rings. The molecule has 1 aromatic heterocycles. The fourth-order valence-corrected chi connectivity index (χ4v) is 2.08. The lowest BCUT2D eigenvalue weighted by atomic mass is 9.96. The Bertz CT molecular complexity index is 402. The third-order valence-corrected chi connectivity index (χ3v) is 3.16. The molecule has 18 heavy (non-hydrogen) atoms. The second-order valence-electron chi connectivity index (χ2n) is 6.77. The molecule has 2 rings (SSSR count). The van der Waals surface area contributed by atoms with Gasteiger partial charge in [-0.2, -0.15) is 0 Å². The molecule has 0 aromatic carbocycles. The van der Waals surface area contributed by atoms with Crippen LogP contribution in [0.1, 0.15) is 53.3 Å². The highest BCUT2D eigenvalue weighted by Crippen LogP contribution is 2.32. The predicted molar refractivity (Wildman–Crippen MR) is 75.9 cm³/mol. The van der Waals surface area contributed by atoms with Crippen molar-refractivity contribution in [1.29, 1.82) is 0 Å². The van der Waals surface area contributed by atoms with Gasteiger partial charge in [-0.25, -0.2) is 9.97 Å². The maximum atomic E-state index is 4.77. The van der Waals surface area contributed by atoms with Gasteiger partial charge < -0.3 is 4.90 Å². The molecule has 0 aliphatic heterocycles. The quantitative estimate of drug-likeness (QED) is 0.816. The van der Waals surface area contributed by atoms with Gasteiger partial charge in [-0.1, -0.05) is 34.6 Å². The lowest BCUT2D eigenvalue weighted by molar-refractivity contribution is 0.539. The van der Waals surface area contributed by atoms with Crippen molar-refractivity contribution in [3.05, 3.63) is 18.1 Å². The summed E-state index contributed by atoms with van der Waals surface area (Å²) in [4.78, 5) is 11.6. The van der Waals surface area contributed by atoms with Crippen molar-refractivity contribution in [1.82, 2.24) is 9.97 Å². The van der Waals surface area contributed by atoms with Crippen LogP contribution in [0.3, 0.4) is 0 Å². The summed E-state index contributed by atoms with van der Waals surface area (Å²) in [5, 5.41) is 0. The zero-order chi connectivity index (χ0) is 13.3. The first kappa shape index (κ1) is 13.3. The Morgan fingerprint density at radius 1 is 1.33 bits per heavy atom. The minimum Gasteiger partial charge on any atom is -0.353 e. The van der Waals surface area contributed by atoms with Crippen LogP contribution in [0.4, 0.5) is 5.82 Å². The molecular weight excluding hydrogens is 222 g/mol. The smallest absolute Gasteiger partial charge is 0.135 e. The van der Waals surface area contributed by atoms with Gasteiger partial charge >= 0.3 is 0 Å². The summed E-state index contributed by atoms with van der Waals surface area (Å²) in [5.41, 5.74) is 0.0169. The molecule has 1 aromatic rings. The minimum absolute atomic E-state index is 0.0169. The molecule has 0 spiro atoms. The molecule has 1 saturated carbocycles. The zero-order valence-electron chi connectivity index (χ0n) is 12.3. The first-order valence-electron chi connectivity index (χ1n) is 6.98. The van der Waals surface area contributed by atoms with Crippen molar-refractivity contribution in [3.63, 3.8) is 0 Å². The molecule has 1 heterocycles. The fraction of sp³-hybridized carbons (Fsp3) is 0.733. The fourth-order valence-electron chi connectivity index (χ4n) is 2.08. The van der Waals surface area contributed by atoms with Crippen LogP contribution >= 0.6 is 0 Å². The Balaban J connectivity index is 2.24. The first-order chi connectivity index (χ1) is 8.38. The van der Waals surface area contributed by atoms with Crippen LogP contribution in [0.5, 0.6) is 0 Å². The summed E-state index contributed by atoms with van der Waals surface area (Å²) in [7, 11) is 0. The average molecular weight is 247 g/mol. The highest BCUT2D eigenvalue weighted by atomic mass is 15.2. The number of anilines is 1. The lowest BCUT2D eigenvalue weighted by Gasteiger charge is -2.27. The van der Waals surface area contributed by atoms with Gasteiger partial charge in [0.25, 0.3) is 0 Å². The Morgan fingerprint density at radius 2 is 2.00 bits per heavy atom. The molecular formula is C15H25N3. The van der Waals surface area contributed by atoms with E-state index in [9.17, 15) is 0 Å². The molecule has 0 atom stereocenters. The molecule has 100 valence electrons. The van der Waals surface area contributed by atoms with Gasteiger partial charge in [-0.3, -0.25) is 0 Å². The van der Waals surface area contributed by atoms with E-state index in [1.54, 1.807) is 0 Å². The summed E-state index contributed by atoms with van der Waals surface area (Å²) >= 11 is 0. The molecule has 0 N–H and O–H groups in total. The monoisotopic (exact) mass is 247 g/mol. The second kappa shape index (κ2) is 4.87. The topological polar surface area (TPSA) is 29.0 Å². The predicted octanol–water partition coefficient (Wildman–Crippen LogP) is 3.40. The van der Waals surface area contributed by atoms with Crippen molar-refractivity contribution in [2.45, 2.75) is 58.9 Å². The maximum absolute atomic E-state index is 4.77. The van der Waals surface area contributed by atoms with E-state index in [0.29, 0.717) is 12.0 Å². The highest BCUT2D eigenvalue weighted by Gasteiger charge is 2.31. The third-order valence-electron chi connectivity index (χ3n) is 3.16. The highest BCUT2D eigenvalue weighted by molar-refractivity contribution is 5.41. The van der Waals surface area contributed by atoms with Crippen LogP contribution in [-0.4, -0.2) is 22.6 Å². The summed E-state index contributed by atoms with van der Waals surface area (Å²) in [5.74, 6) is 2.71. The van der Waals surface area contributed by atoms with Crippen LogP contribution in [-0.2, 0) is 5.41 Å². The number of hydrogen-bond donors (Lipinski definition) is 0. The van der Waals surface area contributed by atoms with E-state index in [4.69, 9.17) is 4.98 Å². The first-order valence-corrected chi connectivity index (χ1v) is 6.98. The van der Waals surface area contributed by atoms with E-state index in [0.717, 1.165) is 18.2 Å². The number of nitrogens with zero attached hydrogens (tertiary/aromatic N) is 3.